The minimum absolute atomic E-state index is 0.0306. The molecule has 0 spiro atoms. The first-order valence-corrected chi connectivity index (χ1v) is 5.93. The summed E-state index contributed by atoms with van der Waals surface area (Å²) >= 11 is 1.89. The largest absolute Gasteiger partial charge is 0.391 e. The molecule has 1 aliphatic rings. The van der Waals surface area contributed by atoms with Gasteiger partial charge in [-0.15, -0.1) is 0 Å². The Kier molecular flexibility index (Phi) is 3.31. The van der Waals surface area contributed by atoms with Crippen LogP contribution in [0.2, 0.25) is 0 Å². The van der Waals surface area contributed by atoms with E-state index in [4.69, 9.17) is 5.73 Å². The molecule has 3 heteroatoms. The molecule has 13 heavy (non-hydrogen) atoms. The maximum absolute atomic E-state index is 10.2. The van der Waals surface area contributed by atoms with Crippen molar-refractivity contribution in [3.8, 4) is 0 Å². The van der Waals surface area contributed by atoms with Crippen LogP contribution >= 0.6 is 11.8 Å². The Morgan fingerprint density at radius 1 is 1.62 bits per heavy atom. The third-order valence-corrected chi connectivity index (χ3v) is 4.67. The molecule has 1 fully saturated rings. The van der Waals surface area contributed by atoms with Gasteiger partial charge in [-0.3, -0.25) is 0 Å². The molecule has 2 nitrogen and oxygen atoms in total. The molecule has 0 aromatic rings. The highest BCUT2D eigenvalue weighted by molar-refractivity contribution is 8.00. The highest BCUT2D eigenvalue weighted by atomic mass is 32.2. The summed E-state index contributed by atoms with van der Waals surface area (Å²) in [6, 6.07) is 0. The maximum atomic E-state index is 10.2. The van der Waals surface area contributed by atoms with Crippen LogP contribution in [0.4, 0.5) is 0 Å². The average Bonchev–Trinajstić information content (AvgIpc) is 2.52. The van der Waals surface area contributed by atoms with E-state index in [1.807, 2.05) is 25.6 Å². The zero-order valence-electron chi connectivity index (χ0n) is 8.84. The van der Waals surface area contributed by atoms with E-state index >= 15 is 0 Å². The minimum Gasteiger partial charge on any atom is -0.391 e. The summed E-state index contributed by atoms with van der Waals surface area (Å²) in [5, 5.41) is 10.2. The average molecular weight is 203 g/mol. The SMILES string of the molecule is CC(C)(CN)C(O)C1(C)CCCS1. The van der Waals surface area contributed by atoms with Crippen molar-refractivity contribution in [2.45, 2.75) is 44.5 Å². The van der Waals surface area contributed by atoms with Gasteiger partial charge in [-0.2, -0.15) is 11.8 Å². The lowest BCUT2D eigenvalue weighted by Crippen LogP contribution is -2.48. The molecular formula is C10H21NOS. The van der Waals surface area contributed by atoms with Crippen LogP contribution in [0.15, 0.2) is 0 Å². The number of hydrogen-bond acceptors (Lipinski definition) is 3. The van der Waals surface area contributed by atoms with Gasteiger partial charge in [-0.1, -0.05) is 13.8 Å². The van der Waals surface area contributed by atoms with Gasteiger partial charge in [-0.05, 0) is 32.1 Å². The smallest absolute Gasteiger partial charge is 0.0746 e. The van der Waals surface area contributed by atoms with E-state index in [1.165, 1.54) is 12.2 Å². The molecule has 1 saturated heterocycles. The molecular weight excluding hydrogens is 182 g/mol. The lowest BCUT2D eigenvalue weighted by atomic mass is 9.78. The van der Waals surface area contributed by atoms with Gasteiger partial charge in [-0.25, -0.2) is 0 Å². The second-order valence-corrected chi connectivity index (χ2v) is 6.49. The molecule has 0 radical (unpaired) electrons. The fraction of sp³-hybridized carbons (Fsp3) is 1.00. The van der Waals surface area contributed by atoms with Crippen molar-refractivity contribution in [3.05, 3.63) is 0 Å². The van der Waals surface area contributed by atoms with Gasteiger partial charge in [0.15, 0.2) is 0 Å². The summed E-state index contributed by atoms with van der Waals surface area (Å²) in [6.45, 7) is 6.79. The molecule has 0 amide bonds. The molecule has 0 saturated carbocycles. The maximum Gasteiger partial charge on any atom is 0.0746 e. The summed E-state index contributed by atoms with van der Waals surface area (Å²) in [7, 11) is 0. The molecule has 2 atom stereocenters. The number of rotatable bonds is 3. The second kappa shape index (κ2) is 3.79. The Labute approximate surface area is 85.3 Å². The van der Waals surface area contributed by atoms with Crippen LogP contribution in [0.3, 0.4) is 0 Å². The third-order valence-electron chi connectivity index (χ3n) is 3.09. The van der Waals surface area contributed by atoms with Crippen LogP contribution in [0.25, 0.3) is 0 Å². The molecule has 78 valence electrons. The highest BCUT2D eigenvalue weighted by Gasteiger charge is 2.44. The number of aliphatic hydroxyl groups excluding tert-OH is 1. The standard InChI is InChI=1S/C10H21NOS/c1-9(2,7-11)8(12)10(3)5-4-6-13-10/h8,12H,4-7,11H2,1-3H3. The van der Waals surface area contributed by atoms with Crippen LogP contribution in [-0.4, -0.2) is 28.3 Å². The first-order valence-electron chi connectivity index (χ1n) is 4.94. The molecule has 0 aliphatic carbocycles. The lowest BCUT2D eigenvalue weighted by molar-refractivity contribution is 0.0262. The fourth-order valence-corrected chi connectivity index (χ4v) is 3.48. The quantitative estimate of drug-likeness (QED) is 0.732. The molecule has 1 heterocycles. The van der Waals surface area contributed by atoms with Crippen LogP contribution in [0.1, 0.15) is 33.6 Å². The zero-order chi connectivity index (χ0) is 10.1. The molecule has 3 N–H and O–H groups in total. The predicted molar refractivity (Wildman–Crippen MR) is 58.9 cm³/mol. The van der Waals surface area contributed by atoms with Crippen molar-refractivity contribution >= 4 is 11.8 Å². The molecule has 1 aliphatic heterocycles. The fourth-order valence-electron chi connectivity index (χ4n) is 1.95. The lowest BCUT2D eigenvalue weighted by Gasteiger charge is -2.39. The Bertz CT molecular complexity index is 176. The molecule has 1 rings (SSSR count). The van der Waals surface area contributed by atoms with Crippen molar-refractivity contribution in [2.75, 3.05) is 12.3 Å². The summed E-state index contributed by atoms with van der Waals surface area (Å²) in [6.07, 6.45) is 2.04. The second-order valence-electron chi connectivity index (χ2n) is 4.86. The van der Waals surface area contributed by atoms with Gasteiger partial charge in [0, 0.05) is 10.2 Å². The summed E-state index contributed by atoms with van der Waals surface area (Å²) in [4.78, 5) is 0. The molecule has 2 unspecified atom stereocenters. The van der Waals surface area contributed by atoms with Crippen molar-refractivity contribution in [3.63, 3.8) is 0 Å². The summed E-state index contributed by atoms with van der Waals surface area (Å²) in [5.74, 6) is 1.17. The van der Waals surface area contributed by atoms with Gasteiger partial charge in [0.2, 0.25) is 0 Å². The van der Waals surface area contributed by atoms with E-state index in [0.717, 1.165) is 6.42 Å². The van der Waals surface area contributed by atoms with Crippen LogP contribution < -0.4 is 5.73 Å². The van der Waals surface area contributed by atoms with Crippen LogP contribution in [0, 0.1) is 5.41 Å². The van der Waals surface area contributed by atoms with Crippen molar-refractivity contribution in [1.82, 2.24) is 0 Å². The number of thioether (sulfide) groups is 1. The first-order chi connectivity index (χ1) is 5.92. The Morgan fingerprint density at radius 3 is 2.62 bits per heavy atom. The van der Waals surface area contributed by atoms with E-state index in [0.29, 0.717) is 6.54 Å². The zero-order valence-corrected chi connectivity index (χ0v) is 9.66. The van der Waals surface area contributed by atoms with Gasteiger partial charge in [0.1, 0.15) is 0 Å². The van der Waals surface area contributed by atoms with Crippen LogP contribution in [-0.2, 0) is 0 Å². The van der Waals surface area contributed by atoms with Crippen molar-refractivity contribution < 1.29 is 5.11 Å². The monoisotopic (exact) mass is 203 g/mol. The van der Waals surface area contributed by atoms with Crippen molar-refractivity contribution in [1.29, 1.82) is 0 Å². The summed E-state index contributed by atoms with van der Waals surface area (Å²) < 4.78 is 0.0306. The van der Waals surface area contributed by atoms with Gasteiger partial charge >= 0.3 is 0 Å². The van der Waals surface area contributed by atoms with E-state index < -0.39 is 0 Å². The molecule has 0 aromatic heterocycles. The van der Waals surface area contributed by atoms with Gasteiger partial charge in [0.25, 0.3) is 0 Å². The topological polar surface area (TPSA) is 46.2 Å². The van der Waals surface area contributed by atoms with E-state index in [1.54, 1.807) is 0 Å². The third kappa shape index (κ3) is 2.20. The van der Waals surface area contributed by atoms with Gasteiger partial charge < -0.3 is 10.8 Å². The van der Waals surface area contributed by atoms with E-state index in [2.05, 4.69) is 6.92 Å². The normalized spacial score (nSPS) is 32.1. The molecule has 0 bridgehead atoms. The number of hydrogen-bond donors (Lipinski definition) is 2. The predicted octanol–water partition coefficient (Wildman–Crippen LogP) is 1.62. The van der Waals surface area contributed by atoms with Crippen LogP contribution in [0.5, 0.6) is 0 Å². The Balaban J connectivity index is 2.70. The van der Waals surface area contributed by atoms with E-state index in [9.17, 15) is 5.11 Å². The number of nitrogens with two attached hydrogens (primary N) is 1. The van der Waals surface area contributed by atoms with Gasteiger partial charge in [0.05, 0.1) is 6.10 Å². The first kappa shape index (κ1) is 11.3. The Hall–Kier alpha value is 0.270. The summed E-state index contributed by atoms with van der Waals surface area (Å²) in [5.41, 5.74) is 5.50. The number of aliphatic hydroxyl groups is 1. The highest BCUT2D eigenvalue weighted by Crippen LogP contribution is 2.45. The molecule has 0 aromatic carbocycles. The minimum atomic E-state index is -0.294. The Morgan fingerprint density at radius 2 is 2.23 bits per heavy atom. The van der Waals surface area contributed by atoms with E-state index in [-0.39, 0.29) is 16.3 Å². The van der Waals surface area contributed by atoms with Crippen molar-refractivity contribution in [2.24, 2.45) is 11.1 Å².